The molecule has 2 aromatic heterocycles. The first-order chi connectivity index (χ1) is 17.5. The molecule has 0 aliphatic carbocycles. The first-order valence-corrected chi connectivity index (χ1v) is 14.8. The summed E-state index contributed by atoms with van der Waals surface area (Å²) in [5.74, 6) is 0.439. The minimum atomic E-state index is -3.75. The third-order valence-corrected chi connectivity index (χ3v) is 9.30. The van der Waals surface area contributed by atoms with Crippen LogP contribution in [0.2, 0.25) is 0 Å². The maximum Gasteiger partial charge on any atom is 0.244 e. The molecule has 0 bridgehead atoms. The average molecular weight is 536 g/mol. The van der Waals surface area contributed by atoms with Crippen molar-refractivity contribution in [2.45, 2.75) is 24.0 Å². The van der Waals surface area contributed by atoms with E-state index in [1.165, 1.54) is 0 Å². The molecular weight excluding hydrogens is 510 g/mol. The van der Waals surface area contributed by atoms with Gasteiger partial charge in [-0.3, -0.25) is 0 Å². The van der Waals surface area contributed by atoms with Crippen LogP contribution in [0.5, 0.6) is 0 Å². The van der Waals surface area contributed by atoms with Crippen molar-refractivity contribution in [1.29, 1.82) is 0 Å². The fourth-order valence-corrected chi connectivity index (χ4v) is 5.87. The number of nitrogens with two attached hydrogens (primary N) is 1. The van der Waals surface area contributed by atoms with Crippen LogP contribution in [0.15, 0.2) is 77.7 Å². The Balaban J connectivity index is 1.71. The van der Waals surface area contributed by atoms with Gasteiger partial charge in [0.25, 0.3) is 0 Å². The highest BCUT2D eigenvalue weighted by Crippen LogP contribution is 2.35. The molecule has 3 aromatic carbocycles. The highest BCUT2D eigenvalue weighted by molar-refractivity contribution is 7.91. The summed E-state index contributed by atoms with van der Waals surface area (Å²) in [7, 11) is -7.08. The van der Waals surface area contributed by atoms with Gasteiger partial charge in [0.05, 0.1) is 32.6 Å². The van der Waals surface area contributed by atoms with Crippen molar-refractivity contribution in [3.63, 3.8) is 0 Å². The fourth-order valence-electron chi connectivity index (χ4n) is 4.09. The van der Waals surface area contributed by atoms with Crippen molar-refractivity contribution >= 4 is 36.8 Å². The van der Waals surface area contributed by atoms with Crippen LogP contribution in [0.3, 0.4) is 0 Å². The van der Waals surface area contributed by atoms with Crippen LogP contribution in [0.1, 0.15) is 13.8 Å². The van der Waals surface area contributed by atoms with Crippen molar-refractivity contribution in [2.24, 2.45) is 0 Å². The van der Waals surface area contributed by atoms with Gasteiger partial charge >= 0.3 is 0 Å². The number of hydrogen-bond donors (Lipinski definition) is 2. The number of fused-ring (bicyclic) bond motifs is 1. The normalized spacial score (nSPS) is 12.4. The summed E-state index contributed by atoms with van der Waals surface area (Å²) >= 11 is 0. The third kappa shape index (κ3) is 4.40. The van der Waals surface area contributed by atoms with Crippen molar-refractivity contribution in [1.82, 2.24) is 18.9 Å². The monoisotopic (exact) mass is 535 g/mol. The molecule has 37 heavy (non-hydrogen) atoms. The molecule has 3 N–H and O–H groups in total. The highest BCUT2D eigenvalue weighted by Gasteiger charge is 2.25. The lowest BCUT2D eigenvalue weighted by atomic mass is 10.0. The smallest absolute Gasteiger partial charge is 0.244 e. The Bertz CT molecular complexity index is 1840. The van der Waals surface area contributed by atoms with E-state index >= 15 is 0 Å². The predicted octanol–water partition coefficient (Wildman–Crippen LogP) is 4.33. The molecule has 0 aliphatic rings. The second-order valence-corrected chi connectivity index (χ2v) is 13.4. The van der Waals surface area contributed by atoms with Gasteiger partial charge in [0.15, 0.2) is 9.84 Å². The van der Waals surface area contributed by atoms with Gasteiger partial charge in [-0.25, -0.2) is 30.8 Å². The van der Waals surface area contributed by atoms with Crippen LogP contribution in [-0.2, 0) is 19.9 Å². The largest absolute Gasteiger partial charge is 0.368 e. The molecule has 0 atom stereocenters. The molecule has 0 amide bonds. The number of benzene rings is 3. The number of imidazole rings is 2. The number of sulfone groups is 1. The Morgan fingerprint density at radius 2 is 1.49 bits per heavy atom. The quantitative estimate of drug-likeness (QED) is 0.330. The minimum absolute atomic E-state index is 0.0992. The van der Waals surface area contributed by atoms with Crippen LogP contribution in [0, 0.1) is 0 Å². The zero-order valence-electron chi connectivity index (χ0n) is 20.4. The summed E-state index contributed by atoms with van der Waals surface area (Å²) in [6, 6.07) is 21.4. The fraction of sp³-hybridized carbons (Fsp3) is 0.154. The van der Waals surface area contributed by atoms with Gasteiger partial charge in [-0.05, 0) is 50.2 Å². The molecule has 0 radical (unpaired) electrons. The first-order valence-electron chi connectivity index (χ1n) is 11.5. The van der Waals surface area contributed by atoms with E-state index < -0.39 is 25.1 Å². The van der Waals surface area contributed by atoms with Gasteiger partial charge in [0.2, 0.25) is 16.0 Å². The van der Waals surface area contributed by atoms with Crippen LogP contribution < -0.4 is 5.73 Å². The van der Waals surface area contributed by atoms with E-state index in [2.05, 4.69) is 9.97 Å². The van der Waals surface area contributed by atoms with Gasteiger partial charge in [0.1, 0.15) is 5.82 Å². The zero-order valence-corrected chi connectivity index (χ0v) is 22.0. The van der Waals surface area contributed by atoms with Crippen molar-refractivity contribution in [3.8, 4) is 33.9 Å². The van der Waals surface area contributed by atoms with E-state index in [4.69, 9.17) is 10.7 Å². The molecule has 0 unspecified atom stereocenters. The Kier molecular flexibility index (Phi) is 5.92. The SMILES string of the molecule is CC(C)S(=O)(=O)n1c(N)nc2ccc(-c3nc(-c4ccc(S(C)(=O)=O)cc4)[nH]c3-c3ccccc3)cc21. The molecule has 2 heterocycles. The van der Waals surface area contributed by atoms with E-state index in [0.29, 0.717) is 33.7 Å². The van der Waals surface area contributed by atoms with Crippen molar-refractivity contribution < 1.29 is 16.8 Å². The van der Waals surface area contributed by atoms with Crippen LogP contribution in [0.4, 0.5) is 5.95 Å². The van der Waals surface area contributed by atoms with Crippen molar-refractivity contribution in [3.05, 3.63) is 72.8 Å². The lowest BCUT2D eigenvalue weighted by Gasteiger charge is -2.11. The number of nitrogens with zero attached hydrogens (tertiary/aromatic N) is 3. The van der Waals surface area contributed by atoms with E-state index in [-0.39, 0.29) is 10.8 Å². The summed E-state index contributed by atoms with van der Waals surface area (Å²) < 4.78 is 50.9. The molecule has 9 nitrogen and oxygen atoms in total. The molecule has 190 valence electrons. The molecule has 0 fully saturated rings. The van der Waals surface area contributed by atoms with Crippen molar-refractivity contribution in [2.75, 3.05) is 12.0 Å². The first kappa shape index (κ1) is 24.7. The third-order valence-electron chi connectivity index (χ3n) is 6.08. The van der Waals surface area contributed by atoms with Gasteiger partial charge < -0.3 is 10.7 Å². The van der Waals surface area contributed by atoms with E-state index in [9.17, 15) is 16.8 Å². The molecule has 0 saturated carbocycles. The predicted molar refractivity (Wildman–Crippen MR) is 145 cm³/mol. The number of nitrogens with one attached hydrogen (secondary N) is 1. The summed E-state index contributed by atoms with van der Waals surface area (Å²) in [5, 5.41) is -0.692. The van der Waals surface area contributed by atoms with E-state index in [0.717, 1.165) is 21.5 Å². The van der Waals surface area contributed by atoms with Gasteiger partial charge in [-0.2, -0.15) is 0 Å². The summed E-state index contributed by atoms with van der Waals surface area (Å²) in [6.07, 6.45) is 1.16. The number of anilines is 1. The number of rotatable bonds is 6. The van der Waals surface area contributed by atoms with E-state index in [1.54, 1.807) is 50.2 Å². The lowest BCUT2D eigenvalue weighted by Crippen LogP contribution is -2.23. The van der Waals surface area contributed by atoms with Gasteiger partial charge in [-0.1, -0.05) is 36.4 Å². The topological polar surface area (TPSA) is 141 Å². The van der Waals surface area contributed by atoms with Crippen LogP contribution in [-0.4, -0.2) is 47.3 Å². The Morgan fingerprint density at radius 3 is 2.11 bits per heavy atom. The Labute approximate surface area is 215 Å². The molecule has 11 heteroatoms. The molecule has 5 aromatic rings. The highest BCUT2D eigenvalue weighted by atomic mass is 32.2. The zero-order chi connectivity index (χ0) is 26.5. The molecule has 0 aliphatic heterocycles. The second kappa shape index (κ2) is 8.86. The number of hydrogen-bond acceptors (Lipinski definition) is 7. The van der Waals surface area contributed by atoms with Gasteiger partial charge in [-0.15, -0.1) is 0 Å². The molecule has 0 spiro atoms. The Morgan fingerprint density at radius 1 is 0.838 bits per heavy atom. The maximum atomic E-state index is 13.0. The molecule has 0 saturated heterocycles. The number of nitrogen functional groups attached to an aromatic ring is 1. The number of H-pyrrole nitrogens is 1. The standard InChI is InChI=1S/C26H25N5O4S2/c1-16(2)37(34,35)31-22-15-19(11-14-21(22)28-26(31)27)24-23(17-7-5-4-6-8-17)29-25(30-24)18-9-12-20(13-10-18)36(3,32)33/h4-16H,1-3H3,(H2,27,28)(H,29,30). The summed E-state index contributed by atoms with van der Waals surface area (Å²) in [6.45, 7) is 3.18. The van der Waals surface area contributed by atoms with Crippen LogP contribution >= 0.6 is 0 Å². The lowest BCUT2D eigenvalue weighted by molar-refractivity contribution is 0.580. The average Bonchev–Trinajstić information content (AvgIpc) is 3.45. The molecular formula is C26H25N5O4S2. The summed E-state index contributed by atoms with van der Waals surface area (Å²) in [5.41, 5.74) is 10.4. The number of aromatic nitrogens is 4. The van der Waals surface area contributed by atoms with Crippen LogP contribution in [0.25, 0.3) is 44.9 Å². The maximum absolute atomic E-state index is 13.0. The van der Waals surface area contributed by atoms with Gasteiger partial charge in [0, 0.05) is 22.9 Å². The van der Waals surface area contributed by atoms with E-state index in [1.807, 2.05) is 36.4 Å². The Hall–Kier alpha value is -3.96. The summed E-state index contributed by atoms with van der Waals surface area (Å²) in [4.78, 5) is 12.7. The number of aromatic amines is 1. The second-order valence-electron chi connectivity index (χ2n) is 9.00. The molecule has 5 rings (SSSR count). The minimum Gasteiger partial charge on any atom is -0.368 e.